The highest BCUT2D eigenvalue weighted by molar-refractivity contribution is 14.1. The maximum Gasteiger partial charge on any atom is 0.0775 e. The maximum atomic E-state index is 6.42. The number of ether oxygens (including phenoxy) is 1. The molecule has 0 radical (unpaired) electrons. The van der Waals surface area contributed by atoms with Gasteiger partial charge in [0.15, 0.2) is 0 Å². The summed E-state index contributed by atoms with van der Waals surface area (Å²) in [6.07, 6.45) is 11.5. The average Bonchev–Trinajstić information content (AvgIpc) is 2.16. The maximum absolute atomic E-state index is 6.42. The number of halogens is 1. The molecule has 0 heterocycles. The molecule has 0 N–H and O–H groups in total. The summed E-state index contributed by atoms with van der Waals surface area (Å²) in [5.74, 6) is 0.867. The second-order valence-electron chi connectivity index (χ2n) is 5.39. The fourth-order valence-corrected chi connectivity index (χ4v) is 3.82. The largest absolute Gasteiger partial charge is 0.371 e. The average molecular weight is 322 g/mol. The Kier molecular flexibility index (Phi) is 4.33. The van der Waals surface area contributed by atoms with Crippen LogP contribution in [-0.2, 0) is 4.74 Å². The van der Waals surface area contributed by atoms with Gasteiger partial charge in [-0.2, -0.15) is 0 Å². The first kappa shape index (κ1) is 12.2. The molecule has 0 aromatic rings. The summed E-state index contributed by atoms with van der Waals surface area (Å²) < 4.78 is 7.61. The van der Waals surface area contributed by atoms with Crippen LogP contribution < -0.4 is 0 Å². The minimum atomic E-state index is 0.244. The second kappa shape index (κ2) is 5.35. The molecule has 0 spiro atoms. The molecule has 0 amide bonds. The Hall–Kier alpha value is 0.690. The van der Waals surface area contributed by atoms with Crippen molar-refractivity contribution in [1.82, 2.24) is 0 Å². The van der Waals surface area contributed by atoms with Gasteiger partial charge in [-0.3, -0.25) is 0 Å². The predicted octanol–water partition coefficient (Wildman–Crippen LogP) is 4.33. The van der Waals surface area contributed by atoms with Gasteiger partial charge in [0.2, 0.25) is 0 Å². The lowest BCUT2D eigenvalue weighted by Crippen LogP contribution is -2.42. The van der Waals surface area contributed by atoms with Crippen molar-refractivity contribution in [2.24, 2.45) is 5.92 Å². The fraction of sp³-hybridized carbons (Fsp3) is 1.00. The first-order valence-corrected chi connectivity index (χ1v) is 8.02. The third-order valence-corrected chi connectivity index (χ3v) is 5.65. The fourth-order valence-electron chi connectivity index (χ4n) is 2.88. The highest BCUT2D eigenvalue weighted by Gasteiger charge is 2.36. The Bertz CT molecular complexity index is 195. The molecule has 1 atom stereocenters. The second-order valence-corrected chi connectivity index (χ2v) is 6.15. The van der Waals surface area contributed by atoms with Crippen LogP contribution in [-0.4, -0.2) is 16.1 Å². The number of hydrogen-bond donors (Lipinski definition) is 0. The lowest BCUT2D eigenvalue weighted by Gasteiger charge is -2.42. The minimum absolute atomic E-state index is 0.244. The Labute approximate surface area is 107 Å². The van der Waals surface area contributed by atoms with Crippen LogP contribution in [0.2, 0.25) is 0 Å². The molecule has 2 rings (SSSR count). The van der Waals surface area contributed by atoms with Gasteiger partial charge < -0.3 is 4.74 Å². The standard InChI is InChI=1S/C13H23IO/c1-11(12-6-5-7-12)15-13(10-14)8-3-2-4-9-13/h11-12H,2-10H2,1H3. The van der Waals surface area contributed by atoms with Crippen molar-refractivity contribution in [2.45, 2.75) is 70.0 Å². The van der Waals surface area contributed by atoms with Gasteiger partial charge in [0.25, 0.3) is 0 Å². The molecular weight excluding hydrogens is 299 g/mol. The topological polar surface area (TPSA) is 9.23 Å². The van der Waals surface area contributed by atoms with E-state index in [4.69, 9.17) is 4.74 Å². The Morgan fingerprint density at radius 2 is 1.87 bits per heavy atom. The molecule has 0 aromatic carbocycles. The Morgan fingerprint density at radius 3 is 2.33 bits per heavy atom. The zero-order chi connectivity index (χ0) is 10.7. The molecule has 2 aliphatic carbocycles. The van der Waals surface area contributed by atoms with Gasteiger partial charge in [-0.1, -0.05) is 48.3 Å². The van der Waals surface area contributed by atoms with Crippen molar-refractivity contribution in [3.05, 3.63) is 0 Å². The first-order chi connectivity index (χ1) is 7.26. The van der Waals surface area contributed by atoms with E-state index in [1.54, 1.807) is 0 Å². The van der Waals surface area contributed by atoms with Crippen LogP contribution in [0.4, 0.5) is 0 Å². The summed E-state index contributed by atoms with van der Waals surface area (Å²) in [5, 5.41) is 0. The van der Waals surface area contributed by atoms with Crippen molar-refractivity contribution in [1.29, 1.82) is 0 Å². The van der Waals surface area contributed by atoms with Crippen LogP contribution in [0.15, 0.2) is 0 Å². The highest BCUT2D eigenvalue weighted by atomic mass is 127. The van der Waals surface area contributed by atoms with Crippen molar-refractivity contribution in [3.63, 3.8) is 0 Å². The zero-order valence-electron chi connectivity index (χ0n) is 9.80. The molecule has 88 valence electrons. The van der Waals surface area contributed by atoms with Crippen molar-refractivity contribution in [2.75, 3.05) is 4.43 Å². The molecule has 1 nitrogen and oxygen atoms in total. The monoisotopic (exact) mass is 322 g/mol. The molecule has 1 unspecified atom stereocenters. The third-order valence-electron chi connectivity index (χ3n) is 4.26. The summed E-state index contributed by atoms with van der Waals surface area (Å²) in [6.45, 7) is 2.30. The van der Waals surface area contributed by atoms with E-state index in [9.17, 15) is 0 Å². The SMILES string of the molecule is CC(OC1(CI)CCCCC1)C1CCC1. The van der Waals surface area contributed by atoms with Crippen LogP contribution in [0.5, 0.6) is 0 Å². The molecule has 15 heavy (non-hydrogen) atoms. The van der Waals surface area contributed by atoms with E-state index in [-0.39, 0.29) is 5.60 Å². The van der Waals surface area contributed by atoms with E-state index in [0.29, 0.717) is 6.10 Å². The van der Waals surface area contributed by atoms with E-state index < -0.39 is 0 Å². The Balaban J connectivity index is 1.87. The molecule has 0 saturated heterocycles. The van der Waals surface area contributed by atoms with Crippen LogP contribution in [0.1, 0.15) is 58.3 Å². The summed E-state index contributed by atoms with van der Waals surface area (Å²) in [6, 6.07) is 0. The van der Waals surface area contributed by atoms with E-state index in [2.05, 4.69) is 29.5 Å². The van der Waals surface area contributed by atoms with Gasteiger partial charge in [0.05, 0.1) is 11.7 Å². The Morgan fingerprint density at radius 1 is 1.20 bits per heavy atom. The molecule has 0 bridgehead atoms. The van der Waals surface area contributed by atoms with Gasteiger partial charge in [0.1, 0.15) is 0 Å². The molecule has 2 heteroatoms. The number of hydrogen-bond acceptors (Lipinski definition) is 1. The normalized spacial score (nSPS) is 28.4. The van der Waals surface area contributed by atoms with Gasteiger partial charge in [-0.05, 0) is 38.5 Å². The number of rotatable bonds is 4. The molecule has 0 aliphatic heterocycles. The number of alkyl halides is 1. The van der Waals surface area contributed by atoms with Crippen molar-refractivity contribution < 1.29 is 4.74 Å². The molecular formula is C13H23IO. The van der Waals surface area contributed by atoms with Gasteiger partial charge in [-0.15, -0.1) is 0 Å². The molecule has 2 fully saturated rings. The summed E-state index contributed by atoms with van der Waals surface area (Å²) in [4.78, 5) is 0. The lowest BCUT2D eigenvalue weighted by atomic mass is 9.80. The van der Waals surface area contributed by atoms with Gasteiger partial charge in [-0.25, -0.2) is 0 Å². The molecule has 2 aliphatic rings. The first-order valence-electron chi connectivity index (χ1n) is 6.49. The van der Waals surface area contributed by atoms with Gasteiger partial charge >= 0.3 is 0 Å². The summed E-state index contributed by atoms with van der Waals surface area (Å²) in [7, 11) is 0. The van der Waals surface area contributed by atoms with Crippen LogP contribution in [0.25, 0.3) is 0 Å². The van der Waals surface area contributed by atoms with Crippen molar-refractivity contribution in [3.8, 4) is 0 Å². The van der Waals surface area contributed by atoms with Crippen molar-refractivity contribution >= 4 is 22.6 Å². The highest BCUT2D eigenvalue weighted by Crippen LogP contribution is 2.38. The smallest absolute Gasteiger partial charge is 0.0775 e. The molecule has 0 aromatic heterocycles. The van der Waals surface area contributed by atoms with E-state index >= 15 is 0 Å². The summed E-state index contributed by atoms with van der Waals surface area (Å²) in [5.41, 5.74) is 0.244. The van der Waals surface area contributed by atoms with E-state index in [1.165, 1.54) is 55.8 Å². The zero-order valence-corrected chi connectivity index (χ0v) is 12.0. The van der Waals surface area contributed by atoms with Crippen LogP contribution >= 0.6 is 22.6 Å². The summed E-state index contributed by atoms with van der Waals surface area (Å²) >= 11 is 2.52. The predicted molar refractivity (Wildman–Crippen MR) is 72.6 cm³/mol. The third kappa shape index (κ3) is 2.87. The quantitative estimate of drug-likeness (QED) is 0.553. The van der Waals surface area contributed by atoms with Crippen LogP contribution in [0.3, 0.4) is 0 Å². The van der Waals surface area contributed by atoms with Gasteiger partial charge in [0, 0.05) is 4.43 Å². The van der Waals surface area contributed by atoms with E-state index in [1.807, 2.05) is 0 Å². The van der Waals surface area contributed by atoms with E-state index in [0.717, 1.165) is 5.92 Å². The van der Waals surface area contributed by atoms with Crippen LogP contribution in [0, 0.1) is 5.92 Å². The molecule has 2 saturated carbocycles. The minimum Gasteiger partial charge on any atom is -0.371 e. The lowest BCUT2D eigenvalue weighted by molar-refractivity contribution is -0.120.